The van der Waals surface area contributed by atoms with Crippen LogP contribution in [0, 0.1) is 11.3 Å². The SMILES string of the molecule is CC(C)c1cc(/C=C(\C#N)S(=O)(=O)c2cccs2)cn1-c1ccccc1C(F)(F)F. The molecule has 0 N–H and O–H groups in total. The molecule has 156 valence electrons. The van der Waals surface area contributed by atoms with Gasteiger partial charge in [0.25, 0.3) is 0 Å². The number of para-hydroxylation sites is 1. The highest BCUT2D eigenvalue weighted by molar-refractivity contribution is 7.97. The Kier molecular flexibility index (Phi) is 5.92. The third-order valence-corrected chi connectivity index (χ3v) is 7.45. The van der Waals surface area contributed by atoms with Crippen LogP contribution in [0.25, 0.3) is 11.8 Å². The molecule has 0 radical (unpaired) electrons. The lowest BCUT2D eigenvalue weighted by atomic mass is 10.1. The maximum atomic E-state index is 13.5. The summed E-state index contributed by atoms with van der Waals surface area (Å²) >= 11 is 0.989. The van der Waals surface area contributed by atoms with E-state index in [1.165, 1.54) is 41.1 Å². The minimum absolute atomic E-state index is 0.0289. The summed E-state index contributed by atoms with van der Waals surface area (Å²) < 4.78 is 67.3. The fraction of sp³-hybridized carbons (Fsp3) is 0.190. The zero-order valence-corrected chi connectivity index (χ0v) is 17.6. The van der Waals surface area contributed by atoms with Crippen molar-refractivity contribution in [1.29, 1.82) is 5.26 Å². The maximum Gasteiger partial charge on any atom is 0.418 e. The molecule has 0 unspecified atom stereocenters. The molecule has 2 heterocycles. The summed E-state index contributed by atoms with van der Waals surface area (Å²) in [6, 6.07) is 11.4. The molecule has 0 aliphatic heterocycles. The molecule has 0 aliphatic carbocycles. The lowest BCUT2D eigenvalue weighted by molar-refractivity contribution is -0.137. The van der Waals surface area contributed by atoms with Crippen molar-refractivity contribution in [1.82, 2.24) is 4.57 Å². The normalized spacial score (nSPS) is 12.9. The van der Waals surface area contributed by atoms with Gasteiger partial charge in [-0.2, -0.15) is 18.4 Å². The summed E-state index contributed by atoms with van der Waals surface area (Å²) in [7, 11) is -4.00. The molecule has 0 aliphatic rings. The first-order valence-electron chi connectivity index (χ1n) is 8.85. The van der Waals surface area contributed by atoms with Crippen LogP contribution < -0.4 is 0 Å². The zero-order valence-electron chi connectivity index (χ0n) is 16.0. The second kappa shape index (κ2) is 8.13. The van der Waals surface area contributed by atoms with Gasteiger partial charge in [-0.15, -0.1) is 11.3 Å². The molecule has 0 amide bonds. The average molecular weight is 451 g/mol. The Hall–Kier alpha value is -2.83. The van der Waals surface area contributed by atoms with E-state index in [4.69, 9.17) is 0 Å². The summed E-state index contributed by atoms with van der Waals surface area (Å²) in [4.78, 5) is -0.471. The van der Waals surface area contributed by atoms with Gasteiger partial charge in [0, 0.05) is 11.9 Å². The molecule has 3 aromatic rings. The summed E-state index contributed by atoms with van der Waals surface area (Å²) in [6.07, 6.45) is -1.94. The number of nitrogens with zero attached hydrogens (tertiary/aromatic N) is 2. The Bertz CT molecular complexity index is 1230. The average Bonchev–Trinajstić information content (AvgIpc) is 3.35. The number of halogens is 3. The third kappa shape index (κ3) is 4.20. The van der Waals surface area contributed by atoms with Gasteiger partial charge in [0.1, 0.15) is 10.3 Å². The van der Waals surface area contributed by atoms with Crippen molar-refractivity contribution in [2.75, 3.05) is 0 Å². The van der Waals surface area contributed by atoms with Gasteiger partial charge in [-0.25, -0.2) is 8.42 Å². The van der Waals surface area contributed by atoms with Crippen LogP contribution in [0.2, 0.25) is 0 Å². The van der Waals surface area contributed by atoms with Crippen LogP contribution >= 0.6 is 11.3 Å². The van der Waals surface area contributed by atoms with Crippen molar-refractivity contribution in [3.8, 4) is 11.8 Å². The minimum Gasteiger partial charge on any atom is -0.319 e. The molecule has 0 saturated carbocycles. The van der Waals surface area contributed by atoms with Crippen LogP contribution in [0.1, 0.15) is 36.6 Å². The van der Waals surface area contributed by atoms with Crippen molar-refractivity contribution < 1.29 is 21.6 Å². The van der Waals surface area contributed by atoms with Gasteiger partial charge in [-0.3, -0.25) is 0 Å². The van der Waals surface area contributed by atoms with E-state index >= 15 is 0 Å². The van der Waals surface area contributed by atoms with Gasteiger partial charge in [-0.1, -0.05) is 32.0 Å². The molecule has 0 atom stereocenters. The number of thiophene rings is 1. The first-order valence-corrected chi connectivity index (χ1v) is 11.2. The van der Waals surface area contributed by atoms with Gasteiger partial charge < -0.3 is 4.57 Å². The number of sulfone groups is 1. The Balaban J connectivity index is 2.18. The fourth-order valence-electron chi connectivity index (χ4n) is 3.00. The van der Waals surface area contributed by atoms with Crippen molar-refractivity contribution >= 4 is 27.3 Å². The third-order valence-electron chi connectivity index (χ3n) is 4.39. The molecular formula is C21H17F3N2O2S2. The highest BCUT2D eigenvalue weighted by Gasteiger charge is 2.34. The van der Waals surface area contributed by atoms with Crippen LogP contribution in [0.15, 0.2) is 63.2 Å². The number of benzene rings is 1. The predicted octanol–water partition coefficient (Wildman–Crippen LogP) is 6.02. The Morgan fingerprint density at radius 1 is 1.20 bits per heavy atom. The summed E-state index contributed by atoms with van der Waals surface area (Å²) in [5.41, 5.74) is 0.0221. The predicted molar refractivity (Wildman–Crippen MR) is 110 cm³/mol. The molecule has 0 fully saturated rings. The number of alkyl halides is 3. The van der Waals surface area contributed by atoms with Gasteiger partial charge >= 0.3 is 6.18 Å². The van der Waals surface area contributed by atoms with E-state index in [-0.39, 0.29) is 15.8 Å². The topological polar surface area (TPSA) is 62.9 Å². The highest BCUT2D eigenvalue weighted by Crippen LogP contribution is 2.36. The van der Waals surface area contributed by atoms with Gasteiger partial charge in [0.2, 0.25) is 9.84 Å². The van der Waals surface area contributed by atoms with Crippen molar-refractivity contribution in [3.63, 3.8) is 0 Å². The minimum atomic E-state index is -4.55. The van der Waals surface area contributed by atoms with Gasteiger partial charge in [-0.05, 0) is 47.2 Å². The molecular weight excluding hydrogens is 433 g/mol. The smallest absolute Gasteiger partial charge is 0.319 e. The zero-order chi connectivity index (χ0) is 22.1. The van der Waals surface area contributed by atoms with Crippen LogP contribution in [-0.2, 0) is 16.0 Å². The number of aromatic nitrogens is 1. The highest BCUT2D eigenvalue weighted by atomic mass is 32.2. The summed E-state index contributed by atoms with van der Waals surface area (Å²) in [5.74, 6) is -0.145. The Morgan fingerprint density at radius 2 is 1.90 bits per heavy atom. The summed E-state index contributed by atoms with van der Waals surface area (Å²) in [6.45, 7) is 3.65. The number of allylic oxidation sites excluding steroid dienone is 1. The molecule has 0 saturated heterocycles. The maximum absolute atomic E-state index is 13.5. The Morgan fingerprint density at radius 3 is 2.47 bits per heavy atom. The molecule has 9 heteroatoms. The fourth-order valence-corrected chi connectivity index (χ4v) is 5.28. The van der Waals surface area contributed by atoms with E-state index in [1.54, 1.807) is 23.6 Å². The standard InChI is InChI=1S/C21H17F3N2O2S2/c1-14(2)19-11-15(10-16(12-25)30(27,28)20-8-5-9-29-20)13-26(19)18-7-4-3-6-17(18)21(22,23)24/h3-11,13-14H,1-2H3/b16-10+. The van der Waals surface area contributed by atoms with Crippen molar-refractivity contribution in [3.05, 3.63) is 75.8 Å². The van der Waals surface area contributed by atoms with Crippen LogP contribution in [0.5, 0.6) is 0 Å². The van der Waals surface area contributed by atoms with E-state index in [2.05, 4.69) is 0 Å². The molecule has 2 aromatic heterocycles. The number of hydrogen-bond acceptors (Lipinski definition) is 4. The first kappa shape index (κ1) is 21.9. The number of nitriles is 1. The number of hydrogen-bond donors (Lipinski definition) is 0. The lowest BCUT2D eigenvalue weighted by Crippen LogP contribution is -2.12. The van der Waals surface area contributed by atoms with Crippen LogP contribution in [0.4, 0.5) is 13.2 Å². The monoisotopic (exact) mass is 450 g/mol. The molecule has 0 bridgehead atoms. The quantitative estimate of drug-likeness (QED) is 0.447. The Labute approximate surface area is 176 Å². The van der Waals surface area contributed by atoms with E-state index in [9.17, 15) is 26.9 Å². The molecule has 4 nitrogen and oxygen atoms in total. The molecule has 1 aromatic carbocycles. The van der Waals surface area contributed by atoms with Crippen molar-refractivity contribution in [2.45, 2.75) is 30.2 Å². The first-order chi connectivity index (χ1) is 14.1. The summed E-state index contributed by atoms with van der Waals surface area (Å²) in [5, 5.41) is 11.0. The van der Waals surface area contributed by atoms with Crippen LogP contribution in [-0.4, -0.2) is 13.0 Å². The molecule has 3 rings (SSSR count). The number of rotatable bonds is 5. The molecule has 0 spiro atoms. The lowest BCUT2D eigenvalue weighted by Gasteiger charge is -2.17. The van der Waals surface area contributed by atoms with E-state index < -0.39 is 26.5 Å². The van der Waals surface area contributed by atoms with Gasteiger partial charge in [0.15, 0.2) is 4.91 Å². The largest absolute Gasteiger partial charge is 0.418 e. The van der Waals surface area contributed by atoms with E-state index in [1.807, 2.05) is 13.8 Å². The van der Waals surface area contributed by atoms with Crippen LogP contribution in [0.3, 0.4) is 0 Å². The van der Waals surface area contributed by atoms with Crippen molar-refractivity contribution in [2.24, 2.45) is 0 Å². The second-order valence-corrected chi connectivity index (χ2v) is 9.89. The van der Waals surface area contributed by atoms with E-state index in [0.29, 0.717) is 11.3 Å². The van der Waals surface area contributed by atoms with Gasteiger partial charge in [0.05, 0.1) is 11.3 Å². The van der Waals surface area contributed by atoms with E-state index in [0.717, 1.165) is 17.4 Å². The second-order valence-electron chi connectivity index (χ2n) is 6.79. The molecule has 30 heavy (non-hydrogen) atoms.